The van der Waals surface area contributed by atoms with Crippen LogP contribution in [0.1, 0.15) is 20.3 Å². The normalized spacial score (nSPS) is 31.9. The third-order valence-corrected chi connectivity index (χ3v) is 3.28. The van der Waals surface area contributed by atoms with Gasteiger partial charge in [0, 0.05) is 12.2 Å². The predicted octanol–water partition coefficient (Wildman–Crippen LogP) is 2.19. The molecule has 0 spiro atoms. The first kappa shape index (κ1) is 6.95. The molecule has 1 atom stereocenters. The van der Waals surface area contributed by atoms with Crippen LogP contribution >= 0.6 is 11.8 Å². The Bertz CT molecular complexity index is 145. The lowest BCUT2D eigenvalue weighted by atomic mass is 10.0. The van der Waals surface area contributed by atoms with E-state index in [0.717, 1.165) is 6.42 Å². The Labute approximate surface area is 60.6 Å². The van der Waals surface area contributed by atoms with Gasteiger partial charge in [-0.1, -0.05) is 0 Å². The van der Waals surface area contributed by atoms with Gasteiger partial charge in [-0.3, -0.25) is 0 Å². The van der Waals surface area contributed by atoms with Crippen molar-refractivity contribution < 1.29 is 0 Å². The Hall–Kier alpha value is -0.160. The smallest absolute Gasteiger partial charge is 0.238 e. The van der Waals surface area contributed by atoms with E-state index in [1.807, 2.05) is 11.8 Å². The van der Waals surface area contributed by atoms with E-state index in [9.17, 15) is 0 Å². The van der Waals surface area contributed by atoms with Gasteiger partial charge in [-0.25, -0.2) is 6.57 Å². The highest BCUT2D eigenvalue weighted by Gasteiger charge is 2.40. The number of nitrogens with zero attached hydrogens (tertiary/aromatic N) is 1. The van der Waals surface area contributed by atoms with Crippen LogP contribution in [0.5, 0.6) is 0 Å². The molecule has 1 saturated heterocycles. The highest BCUT2D eigenvalue weighted by atomic mass is 32.2. The van der Waals surface area contributed by atoms with Gasteiger partial charge in [-0.15, -0.1) is 11.8 Å². The summed E-state index contributed by atoms with van der Waals surface area (Å²) in [6, 6.07) is 0.266. The van der Waals surface area contributed by atoms with Crippen LogP contribution in [0.2, 0.25) is 0 Å². The average molecular weight is 141 g/mol. The number of hydrogen-bond acceptors (Lipinski definition) is 1. The summed E-state index contributed by atoms with van der Waals surface area (Å²) in [5.74, 6) is 1.17. The molecule has 1 aliphatic heterocycles. The monoisotopic (exact) mass is 141 g/mol. The number of rotatable bonds is 0. The second kappa shape index (κ2) is 2.22. The van der Waals surface area contributed by atoms with Gasteiger partial charge in [0.05, 0.1) is 4.75 Å². The van der Waals surface area contributed by atoms with E-state index in [1.54, 1.807) is 0 Å². The zero-order valence-electron chi connectivity index (χ0n) is 5.85. The van der Waals surface area contributed by atoms with E-state index in [-0.39, 0.29) is 10.8 Å². The van der Waals surface area contributed by atoms with E-state index in [0.29, 0.717) is 0 Å². The van der Waals surface area contributed by atoms with Crippen LogP contribution in [-0.2, 0) is 0 Å². The minimum atomic E-state index is 0.224. The summed E-state index contributed by atoms with van der Waals surface area (Å²) in [4.78, 5) is 3.57. The summed E-state index contributed by atoms with van der Waals surface area (Å²) in [5, 5.41) is 0. The van der Waals surface area contributed by atoms with Gasteiger partial charge in [-0.05, 0) is 13.8 Å². The molecule has 0 aromatic carbocycles. The van der Waals surface area contributed by atoms with Crippen molar-refractivity contribution in [3.8, 4) is 0 Å². The Morgan fingerprint density at radius 3 is 2.56 bits per heavy atom. The maximum absolute atomic E-state index is 6.87. The first-order chi connectivity index (χ1) is 4.17. The van der Waals surface area contributed by atoms with Crippen molar-refractivity contribution in [1.29, 1.82) is 0 Å². The minimum absolute atomic E-state index is 0.224. The molecule has 0 aromatic rings. The fourth-order valence-corrected chi connectivity index (χ4v) is 2.33. The molecule has 1 fully saturated rings. The molecule has 2 heteroatoms. The van der Waals surface area contributed by atoms with Crippen molar-refractivity contribution in [2.24, 2.45) is 0 Å². The van der Waals surface area contributed by atoms with Crippen molar-refractivity contribution >= 4 is 11.8 Å². The molecule has 9 heavy (non-hydrogen) atoms. The second-order valence-electron chi connectivity index (χ2n) is 2.89. The van der Waals surface area contributed by atoms with Gasteiger partial charge < -0.3 is 4.85 Å². The molecule has 0 aliphatic carbocycles. The molecule has 1 nitrogen and oxygen atoms in total. The first-order valence-corrected chi connectivity index (χ1v) is 4.16. The summed E-state index contributed by atoms with van der Waals surface area (Å²) in [5.41, 5.74) is 0. The maximum Gasteiger partial charge on any atom is 0.238 e. The molecule has 0 radical (unpaired) electrons. The van der Waals surface area contributed by atoms with Crippen LogP contribution in [0.4, 0.5) is 0 Å². The van der Waals surface area contributed by atoms with Gasteiger partial charge in [0.15, 0.2) is 0 Å². The predicted molar refractivity (Wildman–Crippen MR) is 41.5 cm³/mol. The standard InChI is InChI=1S/C7H11NS/c1-7(2)6(8-3)4-5-9-7/h6H,4-5H2,1-2H3. The molecular formula is C7H11NS. The van der Waals surface area contributed by atoms with Crippen LogP contribution in [0.3, 0.4) is 0 Å². The molecule has 0 bridgehead atoms. The zero-order chi connectivity index (χ0) is 6.91. The summed E-state index contributed by atoms with van der Waals surface area (Å²) in [6.07, 6.45) is 1.08. The van der Waals surface area contributed by atoms with Gasteiger partial charge >= 0.3 is 0 Å². The summed E-state index contributed by atoms with van der Waals surface area (Å²) >= 11 is 1.92. The largest absolute Gasteiger partial charge is 0.312 e. The first-order valence-electron chi connectivity index (χ1n) is 3.17. The van der Waals surface area contributed by atoms with Gasteiger partial charge in [0.2, 0.25) is 6.04 Å². The minimum Gasteiger partial charge on any atom is -0.312 e. The van der Waals surface area contributed by atoms with Gasteiger partial charge in [-0.2, -0.15) is 0 Å². The summed E-state index contributed by atoms with van der Waals surface area (Å²) in [7, 11) is 0. The van der Waals surface area contributed by atoms with E-state index in [2.05, 4.69) is 18.7 Å². The van der Waals surface area contributed by atoms with Crippen molar-refractivity contribution in [2.45, 2.75) is 31.1 Å². The Morgan fingerprint density at radius 1 is 1.67 bits per heavy atom. The van der Waals surface area contributed by atoms with Crippen molar-refractivity contribution in [3.05, 3.63) is 11.4 Å². The lowest BCUT2D eigenvalue weighted by Crippen LogP contribution is -2.23. The van der Waals surface area contributed by atoms with E-state index >= 15 is 0 Å². The number of thioether (sulfide) groups is 1. The quantitative estimate of drug-likeness (QED) is 0.468. The Morgan fingerprint density at radius 2 is 2.33 bits per heavy atom. The lowest BCUT2D eigenvalue weighted by molar-refractivity contribution is 0.620. The molecule has 0 saturated carbocycles. The third kappa shape index (κ3) is 1.21. The molecular weight excluding hydrogens is 130 g/mol. The van der Waals surface area contributed by atoms with Crippen molar-refractivity contribution in [1.82, 2.24) is 0 Å². The molecule has 0 amide bonds. The molecule has 0 aromatic heterocycles. The molecule has 1 heterocycles. The Balaban J connectivity index is 2.65. The summed E-state index contributed by atoms with van der Waals surface area (Å²) in [6.45, 7) is 11.2. The molecule has 0 N–H and O–H groups in total. The van der Waals surface area contributed by atoms with Crippen molar-refractivity contribution in [2.75, 3.05) is 5.75 Å². The second-order valence-corrected chi connectivity index (χ2v) is 4.63. The highest BCUT2D eigenvalue weighted by Crippen LogP contribution is 2.39. The van der Waals surface area contributed by atoms with Crippen LogP contribution in [0.15, 0.2) is 0 Å². The Kier molecular flexibility index (Phi) is 1.72. The fourth-order valence-electron chi connectivity index (χ4n) is 1.10. The van der Waals surface area contributed by atoms with Crippen molar-refractivity contribution in [3.63, 3.8) is 0 Å². The maximum atomic E-state index is 6.87. The third-order valence-electron chi connectivity index (χ3n) is 1.82. The van der Waals surface area contributed by atoms with E-state index in [1.165, 1.54) is 5.75 Å². The van der Waals surface area contributed by atoms with Crippen LogP contribution in [-0.4, -0.2) is 16.5 Å². The van der Waals surface area contributed by atoms with E-state index in [4.69, 9.17) is 6.57 Å². The van der Waals surface area contributed by atoms with E-state index < -0.39 is 0 Å². The molecule has 50 valence electrons. The average Bonchev–Trinajstić information content (AvgIpc) is 2.08. The van der Waals surface area contributed by atoms with Crippen LogP contribution in [0, 0.1) is 6.57 Å². The van der Waals surface area contributed by atoms with Crippen LogP contribution in [0.25, 0.3) is 4.85 Å². The molecule has 1 unspecified atom stereocenters. The zero-order valence-corrected chi connectivity index (χ0v) is 6.66. The van der Waals surface area contributed by atoms with Crippen LogP contribution < -0.4 is 0 Å². The fraction of sp³-hybridized carbons (Fsp3) is 0.857. The van der Waals surface area contributed by atoms with Gasteiger partial charge in [0.25, 0.3) is 0 Å². The topological polar surface area (TPSA) is 4.36 Å². The summed E-state index contributed by atoms with van der Waals surface area (Å²) < 4.78 is 0.224. The molecule has 1 rings (SSSR count). The van der Waals surface area contributed by atoms with Gasteiger partial charge in [0.1, 0.15) is 0 Å². The molecule has 1 aliphatic rings. The highest BCUT2D eigenvalue weighted by molar-refractivity contribution is 8.00. The SMILES string of the molecule is [C-]#[N+]C1CCSC1(C)C. The lowest BCUT2D eigenvalue weighted by Gasteiger charge is -2.14. The number of hydrogen-bond donors (Lipinski definition) is 0.